The highest BCUT2D eigenvalue weighted by Crippen LogP contribution is 2.22. The number of methoxy groups -OCH3 is 1. The molecule has 0 amide bonds. The minimum atomic E-state index is 0.329. The van der Waals surface area contributed by atoms with Crippen molar-refractivity contribution in [3.05, 3.63) is 53.6 Å². The lowest BCUT2D eigenvalue weighted by Gasteiger charge is -2.26. The summed E-state index contributed by atoms with van der Waals surface area (Å²) in [5, 5.41) is 18.1. The van der Waals surface area contributed by atoms with Gasteiger partial charge in [-0.15, -0.1) is 0 Å². The molecule has 6 nitrogen and oxygen atoms in total. The monoisotopic (exact) mass is 412 g/mol. The minimum Gasteiger partial charge on any atom is -0.508 e. The fourth-order valence-corrected chi connectivity index (χ4v) is 3.52. The molecule has 0 unspecified atom stereocenters. The zero-order valence-corrected chi connectivity index (χ0v) is 17.8. The number of piperidine rings is 1. The number of benzene rings is 2. The average Bonchev–Trinajstić information content (AvgIpc) is 2.74. The molecule has 1 aliphatic heterocycles. The predicted octanol–water partition coefficient (Wildman–Crippen LogP) is 4.10. The van der Waals surface area contributed by atoms with Crippen LogP contribution in [0.25, 0.3) is 0 Å². The number of nitrogens with zero attached hydrogens (tertiary/aromatic N) is 2. The molecule has 1 heterocycles. The maximum Gasteiger partial charge on any atom is 0.191 e. The Balaban J connectivity index is 1.62. The van der Waals surface area contributed by atoms with Gasteiger partial charge in [0.25, 0.3) is 0 Å². The quantitative estimate of drug-likeness (QED) is 0.377. The second-order valence-electron chi connectivity index (χ2n) is 7.18. The van der Waals surface area contributed by atoms with Crippen LogP contribution in [0.15, 0.2) is 47.6 Å². The number of phenolic OH excluding ortho intramolecular Hbond substituents is 1. The molecule has 0 bridgehead atoms. The number of hydrogen-bond donors (Lipinski definition) is 3. The lowest BCUT2D eigenvalue weighted by molar-refractivity contribution is 0.218. The van der Waals surface area contributed by atoms with Crippen LogP contribution in [0.4, 0.5) is 5.69 Å². The third-order valence-electron chi connectivity index (χ3n) is 4.99. The van der Waals surface area contributed by atoms with Gasteiger partial charge >= 0.3 is 0 Å². The molecule has 0 atom stereocenters. The number of phenols is 1. The molecule has 1 fully saturated rings. The number of hydrogen-bond acceptors (Lipinski definition) is 5. The van der Waals surface area contributed by atoms with Gasteiger partial charge in [-0.2, -0.15) is 5.10 Å². The van der Waals surface area contributed by atoms with Gasteiger partial charge in [0.15, 0.2) is 5.11 Å². The fourth-order valence-electron chi connectivity index (χ4n) is 3.35. The van der Waals surface area contributed by atoms with Crippen molar-refractivity contribution in [1.29, 1.82) is 0 Å². The summed E-state index contributed by atoms with van der Waals surface area (Å²) in [7, 11) is 1.63. The minimum absolute atomic E-state index is 0.329. The van der Waals surface area contributed by atoms with Crippen LogP contribution >= 0.6 is 12.2 Å². The van der Waals surface area contributed by atoms with Gasteiger partial charge < -0.3 is 15.2 Å². The van der Waals surface area contributed by atoms with Gasteiger partial charge in [0, 0.05) is 23.9 Å². The number of rotatable bonds is 6. The van der Waals surface area contributed by atoms with Crippen LogP contribution < -0.4 is 15.5 Å². The van der Waals surface area contributed by atoms with Crippen molar-refractivity contribution in [2.24, 2.45) is 5.10 Å². The van der Waals surface area contributed by atoms with E-state index >= 15 is 0 Å². The Labute approximate surface area is 177 Å². The first kappa shape index (κ1) is 21.1. The summed E-state index contributed by atoms with van der Waals surface area (Å²) in [6.07, 6.45) is 3.74. The van der Waals surface area contributed by atoms with Gasteiger partial charge in [-0.3, -0.25) is 10.3 Å². The van der Waals surface area contributed by atoms with Crippen LogP contribution in [0.1, 0.15) is 37.3 Å². The molecule has 0 aromatic heterocycles. The van der Waals surface area contributed by atoms with Gasteiger partial charge in [-0.25, -0.2) is 0 Å². The number of likely N-dealkylation sites (tertiary alicyclic amines) is 1. The zero-order valence-electron chi connectivity index (χ0n) is 16.9. The Hall–Kier alpha value is -2.64. The van der Waals surface area contributed by atoms with Crippen LogP contribution in [-0.4, -0.2) is 41.0 Å². The van der Waals surface area contributed by atoms with E-state index in [1.807, 2.05) is 43.3 Å². The summed E-state index contributed by atoms with van der Waals surface area (Å²) in [6.45, 7) is 4.85. The highest BCUT2D eigenvalue weighted by molar-refractivity contribution is 7.80. The molecule has 7 heteroatoms. The van der Waals surface area contributed by atoms with E-state index < -0.39 is 0 Å². The number of aromatic hydroxyl groups is 1. The number of thiocarbonyl (C=S) groups is 1. The molecular formula is C22H28N4O2S. The third-order valence-corrected chi connectivity index (χ3v) is 5.19. The number of ether oxygens (including phenoxy) is 1. The van der Waals surface area contributed by atoms with E-state index in [2.05, 4.69) is 20.7 Å². The molecule has 1 saturated heterocycles. The largest absolute Gasteiger partial charge is 0.508 e. The highest BCUT2D eigenvalue weighted by atomic mass is 32.1. The first-order valence-corrected chi connectivity index (χ1v) is 10.3. The van der Waals surface area contributed by atoms with Crippen molar-refractivity contribution < 1.29 is 9.84 Å². The predicted molar refractivity (Wildman–Crippen MR) is 122 cm³/mol. The molecule has 1 aliphatic rings. The maximum atomic E-state index is 10.2. The summed E-state index contributed by atoms with van der Waals surface area (Å²) < 4.78 is 5.21. The molecule has 154 valence electrons. The Kier molecular flexibility index (Phi) is 7.43. The Bertz CT molecular complexity index is 879. The second kappa shape index (κ2) is 10.2. The van der Waals surface area contributed by atoms with Gasteiger partial charge in [-0.05, 0) is 81.0 Å². The van der Waals surface area contributed by atoms with Crippen molar-refractivity contribution in [2.75, 3.05) is 25.5 Å². The molecular weight excluding hydrogens is 384 g/mol. The SMILES string of the molecule is COc1cccc(NC(=S)N/N=C(\C)c2ccc(O)c(CN3CCCCC3)c2)c1. The van der Waals surface area contributed by atoms with Crippen molar-refractivity contribution in [1.82, 2.24) is 10.3 Å². The summed E-state index contributed by atoms with van der Waals surface area (Å²) in [5.41, 5.74) is 6.37. The Morgan fingerprint density at radius 3 is 2.72 bits per heavy atom. The molecule has 29 heavy (non-hydrogen) atoms. The lowest BCUT2D eigenvalue weighted by atomic mass is 10.0. The van der Waals surface area contributed by atoms with Crippen LogP contribution in [0, 0.1) is 0 Å². The molecule has 0 spiro atoms. The van der Waals surface area contributed by atoms with Crippen LogP contribution in [0.5, 0.6) is 11.5 Å². The van der Waals surface area contributed by atoms with Crippen LogP contribution in [0.2, 0.25) is 0 Å². The summed E-state index contributed by atoms with van der Waals surface area (Å²) >= 11 is 5.32. The lowest BCUT2D eigenvalue weighted by Crippen LogP contribution is -2.29. The second-order valence-corrected chi connectivity index (χ2v) is 7.58. The number of anilines is 1. The Morgan fingerprint density at radius 2 is 1.97 bits per heavy atom. The molecule has 3 rings (SSSR count). The van der Waals surface area contributed by atoms with E-state index in [1.165, 1.54) is 19.3 Å². The first-order chi connectivity index (χ1) is 14.0. The van der Waals surface area contributed by atoms with E-state index in [0.29, 0.717) is 10.9 Å². The highest BCUT2D eigenvalue weighted by Gasteiger charge is 2.13. The molecule has 3 N–H and O–H groups in total. The average molecular weight is 413 g/mol. The summed E-state index contributed by atoms with van der Waals surface area (Å²) in [6, 6.07) is 13.1. The van der Waals surface area contributed by atoms with Crippen LogP contribution in [-0.2, 0) is 6.54 Å². The summed E-state index contributed by atoms with van der Waals surface area (Å²) in [5.74, 6) is 1.08. The smallest absolute Gasteiger partial charge is 0.191 e. The molecule has 2 aromatic carbocycles. The normalized spacial score (nSPS) is 15.0. The summed E-state index contributed by atoms with van der Waals surface area (Å²) in [4.78, 5) is 2.39. The van der Waals surface area contributed by atoms with Crippen molar-refractivity contribution in [2.45, 2.75) is 32.7 Å². The van der Waals surface area contributed by atoms with Crippen LogP contribution in [0.3, 0.4) is 0 Å². The van der Waals surface area contributed by atoms with E-state index in [0.717, 1.165) is 47.9 Å². The van der Waals surface area contributed by atoms with Gasteiger partial charge in [0.1, 0.15) is 11.5 Å². The molecule has 0 aliphatic carbocycles. The molecule has 2 aromatic rings. The Morgan fingerprint density at radius 1 is 1.17 bits per heavy atom. The van der Waals surface area contributed by atoms with E-state index in [4.69, 9.17) is 17.0 Å². The zero-order chi connectivity index (χ0) is 20.6. The van der Waals surface area contributed by atoms with Gasteiger partial charge in [0.05, 0.1) is 12.8 Å². The molecule has 0 radical (unpaired) electrons. The number of nitrogens with one attached hydrogen (secondary N) is 2. The van der Waals surface area contributed by atoms with Crippen molar-refractivity contribution >= 4 is 28.7 Å². The van der Waals surface area contributed by atoms with Crippen molar-refractivity contribution in [3.8, 4) is 11.5 Å². The standard InChI is InChI=1S/C22H28N4O2S/c1-16(24-25-22(29)23-19-7-6-8-20(14-19)28-2)17-9-10-21(27)18(13-17)15-26-11-4-3-5-12-26/h6-10,13-14,27H,3-5,11-12,15H2,1-2H3,(H2,23,25,29)/b24-16+. The van der Waals surface area contributed by atoms with E-state index in [-0.39, 0.29) is 0 Å². The van der Waals surface area contributed by atoms with E-state index in [1.54, 1.807) is 13.2 Å². The molecule has 0 saturated carbocycles. The third kappa shape index (κ3) is 6.17. The number of hydrazone groups is 1. The topological polar surface area (TPSA) is 69.1 Å². The van der Waals surface area contributed by atoms with Gasteiger partial charge in [0.2, 0.25) is 0 Å². The fraction of sp³-hybridized carbons (Fsp3) is 0.364. The van der Waals surface area contributed by atoms with Crippen molar-refractivity contribution in [3.63, 3.8) is 0 Å². The maximum absolute atomic E-state index is 10.2. The first-order valence-electron chi connectivity index (χ1n) is 9.85. The van der Waals surface area contributed by atoms with E-state index in [9.17, 15) is 5.11 Å². The van der Waals surface area contributed by atoms with Gasteiger partial charge in [-0.1, -0.05) is 12.5 Å².